The molecule has 5 aliphatic rings. The number of ether oxygens (including phenoxy) is 1. The Morgan fingerprint density at radius 2 is 1.79 bits per heavy atom. The topological polar surface area (TPSA) is 137 Å². The third kappa shape index (κ3) is 4.54. The number of aliphatic carboxylic acids is 1. The number of amides is 3. The molecular formula is C31H35N3O7S2. The highest BCUT2D eigenvalue weighted by molar-refractivity contribution is 8.00. The molecule has 7 rings (SSSR count). The number of nitrogens with zero attached hydrogens (tertiary/aromatic N) is 2. The molecule has 10 nitrogen and oxygen atoms in total. The molecule has 43 heavy (non-hydrogen) atoms. The van der Waals surface area contributed by atoms with Crippen LogP contribution in [0.15, 0.2) is 34.1 Å². The molecule has 0 radical (unpaired) electrons. The lowest BCUT2D eigenvalue weighted by molar-refractivity contribution is -0.157. The van der Waals surface area contributed by atoms with Gasteiger partial charge in [-0.05, 0) is 67.1 Å². The zero-order valence-electron chi connectivity index (χ0n) is 24.1. The number of thiazole rings is 1. The number of aromatic nitrogens is 1. The standard InChI is InChI=1S/C31H35N3O7S2/c1-14(2)24(30(38)39)34-28(36)22-17-12-18(23(22)29(34)37)25-21(17)20(26-27(42-25)32-31(40)43-26)15-7-6-8-16(11-15)41-13-19(35)33-9-4-3-5-10-33/h6-8,11,14,17-18,20-25H,3-5,9-10,12-13H2,1-2H3,(H,32,40)(H,38,39)/t17?,18?,20-,21?,22?,23?,24?,25?/m1/s1. The van der Waals surface area contributed by atoms with E-state index in [9.17, 15) is 29.1 Å². The number of imide groups is 1. The van der Waals surface area contributed by atoms with Crippen LogP contribution in [0, 0.1) is 35.5 Å². The third-order valence-corrected chi connectivity index (χ3v) is 12.8. The van der Waals surface area contributed by atoms with Gasteiger partial charge in [0.05, 0.1) is 16.9 Å². The summed E-state index contributed by atoms with van der Waals surface area (Å²) in [5.41, 5.74) is 0.943. The Kier molecular flexibility index (Phi) is 7.19. The third-order valence-electron chi connectivity index (χ3n) is 10.2. The van der Waals surface area contributed by atoms with Gasteiger partial charge >= 0.3 is 10.8 Å². The van der Waals surface area contributed by atoms with Crippen LogP contribution in [0.1, 0.15) is 55.9 Å². The smallest absolute Gasteiger partial charge is 0.327 e. The highest BCUT2D eigenvalue weighted by Crippen LogP contribution is 2.68. The molecule has 2 bridgehead atoms. The number of fused-ring (bicyclic) bond motifs is 9. The minimum Gasteiger partial charge on any atom is -0.484 e. The summed E-state index contributed by atoms with van der Waals surface area (Å²) in [6.45, 7) is 4.91. The second-order valence-electron chi connectivity index (χ2n) is 12.8. The number of aromatic amines is 1. The maximum atomic E-state index is 13.9. The summed E-state index contributed by atoms with van der Waals surface area (Å²) in [5, 5.41) is 10.7. The Labute approximate surface area is 257 Å². The van der Waals surface area contributed by atoms with E-state index in [0.717, 1.165) is 59.1 Å². The van der Waals surface area contributed by atoms with Crippen LogP contribution < -0.4 is 9.61 Å². The van der Waals surface area contributed by atoms with Gasteiger partial charge in [-0.2, -0.15) is 0 Å². The van der Waals surface area contributed by atoms with Crippen molar-refractivity contribution in [2.24, 2.45) is 35.5 Å². The lowest BCUT2D eigenvalue weighted by Gasteiger charge is -2.43. The molecular weight excluding hydrogens is 590 g/mol. The van der Waals surface area contributed by atoms with Crippen molar-refractivity contribution in [2.75, 3.05) is 19.7 Å². The fourth-order valence-corrected chi connectivity index (χ4v) is 11.4. The summed E-state index contributed by atoms with van der Waals surface area (Å²) in [5.74, 6) is -3.26. The molecule has 1 aromatic heterocycles. The van der Waals surface area contributed by atoms with E-state index in [1.54, 1.807) is 25.6 Å². The number of nitrogens with one attached hydrogen (secondary N) is 1. The second-order valence-corrected chi connectivity index (χ2v) is 15.0. The number of piperidine rings is 1. The van der Waals surface area contributed by atoms with E-state index in [1.807, 2.05) is 29.2 Å². The van der Waals surface area contributed by atoms with E-state index in [2.05, 4.69) is 4.98 Å². The van der Waals surface area contributed by atoms with Gasteiger partial charge in [0.2, 0.25) is 11.8 Å². The van der Waals surface area contributed by atoms with E-state index < -0.39 is 29.8 Å². The van der Waals surface area contributed by atoms with Gasteiger partial charge < -0.3 is 19.7 Å². The Morgan fingerprint density at radius 1 is 1.07 bits per heavy atom. The molecule has 8 atom stereocenters. The van der Waals surface area contributed by atoms with Crippen molar-refractivity contribution in [3.63, 3.8) is 0 Å². The number of carboxylic acids is 1. The summed E-state index contributed by atoms with van der Waals surface area (Å²) in [4.78, 5) is 71.7. The molecule has 2 aliphatic carbocycles. The van der Waals surface area contributed by atoms with Crippen molar-refractivity contribution in [2.45, 2.75) is 61.8 Å². The van der Waals surface area contributed by atoms with Crippen LogP contribution in [-0.2, 0) is 19.2 Å². The van der Waals surface area contributed by atoms with Gasteiger partial charge in [-0.15, -0.1) is 11.8 Å². The molecule has 2 saturated heterocycles. The van der Waals surface area contributed by atoms with E-state index >= 15 is 0 Å². The molecule has 3 amide bonds. The van der Waals surface area contributed by atoms with E-state index in [4.69, 9.17) is 4.74 Å². The van der Waals surface area contributed by atoms with Gasteiger partial charge in [0, 0.05) is 29.1 Å². The number of H-pyrrole nitrogens is 1. The Balaban J connectivity index is 1.20. The summed E-state index contributed by atoms with van der Waals surface area (Å²) < 4.78 is 5.98. The van der Waals surface area contributed by atoms with Crippen LogP contribution in [0.25, 0.3) is 0 Å². The molecule has 4 fully saturated rings. The number of carbonyl (C=O) groups is 4. The normalized spacial score (nSPS) is 31.7. The highest BCUT2D eigenvalue weighted by Gasteiger charge is 2.70. The van der Waals surface area contributed by atoms with Crippen molar-refractivity contribution < 1.29 is 29.0 Å². The van der Waals surface area contributed by atoms with Crippen LogP contribution >= 0.6 is 23.1 Å². The largest absolute Gasteiger partial charge is 0.484 e. The van der Waals surface area contributed by atoms with Crippen molar-refractivity contribution >= 4 is 46.8 Å². The minimum atomic E-state index is -1.19. The maximum absolute atomic E-state index is 13.9. The van der Waals surface area contributed by atoms with Crippen LogP contribution in [-0.4, -0.2) is 74.6 Å². The van der Waals surface area contributed by atoms with E-state index in [1.165, 1.54) is 11.3 Å². The predicted octanol–water partition coefficient (Wildman–Crippen LogP) is 3.41. The van der Waals surface area contributed by atoms with Gasteiger partial charge in [0.1, 0.15) is 11.8 Å². The molecule has 2 aromatic rings. The average Bonchev–Trinajstić information content (AvgIpc) is 3.72. The molecule has 2 N–H and O–H groups in total. The van der Waals surface area contributed by atoms with Crippen molar-refractivity contribution in [1.29, 1.82) is 0 Å². The van der Waals surface area contributed by atoms with Gasteiger partial charge in [-0.1, -0.05) is 37.3 Å². The van der Waals surface area contributed by atoms with Crippen LogP contribution in [0.4, 0.5) is 0 Å². The zero-order chi connectivity index (χ0) is 30.2. The molecule has 7 unspecified atom stereocenters. The van der Waals surface area contributed by atoms with Gasteiger partial charge in [0.15, 0.2) is 6.61 Å². The first-order chi connectivity index (χ1) is 20.7. The Bertz CT molecular complexity index is 1550. The number of carboxylic acid groups (broad SMARTS) is 1. The Hall–Kier alpha value is -3.12. The summed E-state index contributed by atoms with van der Waals surface area (Å²) in [6.07, 6.45) is 3.88. The SMILES string of the molecule is CC(C)C(C(=O)O)N1C(=O)C2C3CC(C2C1=O)C1C3Sc2[nH]c(=O)sc2[C@@H]1c1cccc(OCC(=O)N2CCCCC2)c1. The summed E-state index contributed by atoms with van der Waals surface area (Å²) >= 11 is 2.77. The van der Waals surface area contributed by atoms with Gasteiger partial charge in [0.25, 0.3) is 5.91 Å². The second kappa shape index (κ2) is 10.8. The lowest BCUT2D eigenvalue weighted by atomic mass is 9.68. The molecule has 0 spiro atoms. The molecule has 2 saturated carbocycles. The number of thioether (sulfide) groups is 1. The van der Waals surface area contributed by atoms with Crippen molar-refractivity contribution in [3.05, 3.63) is 44.4 Å². The first-order valence-corrected chi connectivity index (χ1v) is 16.8. The first-order valence-electron chi connectivity index (χ1n) is 15.2. The molecule has 3 aliphatic heterocycles. The molecule has 1 aromatic carbocycles. The number of carbonyl (C=O) groups excluding carboxylic acids is 3. The molecule has 228 valence electrons. The fraction of sp³-hybridized carbons (Fsp3) is 0.581. The number of likely N-dealkylation sites (tertiary alicyclic amines) is 2. The quantitative estimate of drug-likeness (QED) is 0.447. The van der Waals surface area contributed by atoms with Crippen molar-refractivity contribution in [3.8, 4) is 5.75 Å². The molecule has 4 heterocycles. The lowest BCUT2D eigenvalue weighted by Crippen LogP contribution is -2.49. The highest BCUT2D eigenvalue weighted by atomic mass is 32.2. The monoisotopic (exact) mass is 625 g/mol. The van der Waals surface area contributed by atoms with Crippen LogP contribution in [0.3, 0.4) is 0 Å². The van der Waals surface area contributed by atoms with Crippen LogP contribution in [0.5, 0.6) is 5.75 Å². The number of hydrogen-bond acceptors (Lipinski definition) is 8. The van der Waals surface area contributed by atoms with Crippen molar-refractivity contribution in [1.82, 2.24) is 14.8 Å². The zero-order valence-corrected chi connectivity index (χ0v) is 25.7. The van der Waals surface area contributed by atoms with Gasteiger partial charge in [-0.3, -0.25) is 24.1 Å². The van der Waals surface area contributed by atoms with E-state index in [0.29, 0.717) is 5.75 Å². The molecule has 12 heteroatoms. The number of benzene rings is 1. The van der Waals surface area contributed by atoms with Crippen LogP contribution in [0.2, 0.25) is 0 Å². The maximum Gasteiger partial charge on any atom is 0.327 e. The van der Waals surface area contributed by atoms with E-state index in [-0.39, 0.29) is 58.1 Å². The van der Waals surface area contributed by atoms with Gasteiger partial charge in [-0.25, -0.2) is 4.79 Å². The fourth-order valence-electron chi connectivity index (χ4n) is 8.56. The summed E-state index contributed by atoms with van der Waals surface area (Å²) in [7, 11) is 0. The Morgan fingerprint density at radius 3 is 2.49 bits per heavy atom. The number of hydrogen-bond donors (Lipinski definition) is 2. The predicted molar refractivity (Wildman–Crippen MR) is 159 cm³/mol. The average molecular weight is 626 g/mol. The summed E-state index contributed by atoms with van der Waals surface area (Å²) in [6, 6.07) is 6.47. The first kappa shape index (κ1) is 28.6. The minimum absolute atomic E-state index is 0.00159. The number of rotatable bonds is 7.